The number of rotatable bonds is 10. The van der Waals surface area contributed by atoms with E-state index in [4.69, 9.17) is 9.15 Å². The molecule has 0 spiro atoms. The number of oxazole rings is 1. The standard InChI is InChI=1S/C27H25F3N2O2/c28-27(29,30)23-11-6-22(7-12-23)10-15-26-31-24(20-34-26)19-33-25-13-8-21(9-14-25)5-1-2-16-32-17-3-4-18-32/h3-4,6-15,17-18,20H,1-2,5,16,19H2/b15-10+. The first-order valence-corrected chi connectivity index (χ1v) is 11.1. The molecule has 7 heteroatoms. The molecular weight excluding hydrogens is 441 g/mol. The van der Waals surface area contributed by atoms with Gasteiger partial charge in [0, 0.05) is 25.0 Å². The number of hydrogen-bond acceptors (Lipinski definition) is 3. The average Bonchev–Trinajstić information content (AvgIpc) is 3.52. The van der Waals surface area contributed by atoms with Crippen LogP contribution in [-0.4, -0.2) is 9.55 Å². The molecule has 0 aliphatic carbocycles. The summed E-state index contributed by atoms with van der Waals surface area (Å²) in [5.41, 5.74) is 1.84. The molecule has 0 saturated carbocycles. The Morgan fingerprint density at radius 2 is 1.65 bits per heavy atom. The van der Waals surface area contributed by atoms with Crippen molar-refractivity contribution in [1.82, 2.24) is 9.55 Å². The summed E-state index contributed by atoms with van der Waals surface area (Å²) >= 11 is 0. The lowest BCUT2D eigenvalue weighted by Gasteiger charge is -2.06. The Morgan fingerprint density at radius 1 is 0.912 bits per heavy atom. The highest BCUT2D eigenvalue weighted by molar-refractivity contribution is 5.66. The molecule has 0 aliphatic heterocycles. The van der Waals surface area contributed by atoms with E-state index < -0.39 is 11.7 Å². The molecule has 0 fully saturated rings. The lowest BCUT2D eigenvalue weighted by molar-refractivity contribution is -0.137. The second kappa shape index (κ2) is 10.9. The van der Waals surface area contributed by atoms with Gasteiger partial charge in [0.1, 0.15) is 24.3 Å². The highest BCUT2D eigenvalue weighted by atomic mass is 19.4. The highest BCUT2D eigenvalue weighted by Crippen LogP contribution is 2.29. The molecule has 0 aliphatic rings. The SMILES string of the molecule is FC(F)(F)c1ccc(/C=C/c2nc(COc3ccc(CCCCn4cccc4)cc3)co2)cc1. The van der Waals surface area contributed by atoms with E-state index in [2.05, 4.69) is 34.1 Å². The molecule has 176 valence electrons. The second-order valence-electron chi connectivity index (χ2n) is 7.94. The van der Waals surface area contributed by atoms with Crippen LogP contribution in [0.25, 0.3) is 12.2 Å². The van der Waals surface area contributed by atoms with Crippen LogP contribution in [0.5, 0.6) is 5.75 Å². The average molecular weight is 467 g/mol. The summed E-state index contributed by atoms with van der Waals surface area (Å²) in [6, 6.07) is 17.0. The lowest BCUT2D eigenvalue weighted by Crippen LogP contribution is -2.03. The molecule has 0 atom stereocenters. The fourth-order valence-corrected chi connectivity index (χ4v) is 3.47. The third kappa shape index (κ3) is 6.88. The molecule has 2 aromatic heterocycles. The van der Waals surface area contributed by atoms with Gasteiger partial charge in [0.2, 0.25) is 5.89 Å². The summed E-state index contributed by atoms with van der Waals surface area (Å²) < 4.78 is 51.3. The maximum Gasteiger partial charge on any atom is 0.416 e. The summed E-state index contributed by atoms with van der Waals surface area (Å²) in [7, 11) is 0. The van der Waals surface area contributed by atoms with Crippen LogP contribution in [-0.2, 0) is 25.7 Å². The molecule has 4 rings (SSSR count). The van der Waals surface area contributed by atoms with Crippen LogP contribution < -0.4 is 4.74 Å². The molecule has 34 heavy (non-hydrogen) atoms. The normalized spacial score (nSPS) is 11.9. The van der Waals surface area contributed by atoms with Crippen molar-refractivity contribution in [2.75, 3.05) is 0 Å². The van der Waals surface area contributed by atoms with Gasteiger partial charge in [-0.05, 0) is 72.9 Å². The van der Waals surface area contributed by atoms with Crippen molar-refractivity contribution in [3.05, 3.63) is 108 Å². The van der Waals surface area contributed by atoms with Gasteiger partial charge >= 0.3 is 6.18 Å². The van der Waals surface area contributed by atoms with Gasteiger partial charge in [-0.15, -0.1) is 0 Å². The van der Waals surface area contributed by atoms with Crippen molar-refractivity contribution in [2.24, 2.45) is 0 Å². The topological polar surface area (TPSA) is 40.2 Å². The maximum atomic E-state index is 12.6. The third-order valence-electron chi connectivity index (χ3n) is 5.33. The molecule has 4 aromatic rings. The van der Waals surface area contributed by atoms with Crippen molar-refractivity contribution < 1.29 is 22.3 Å². The number of halogens is 3. The molecule has 0 saturated heterocycles. The predicted octanol–water partition coefficient (Wildman–Crippen LogP) is 7.27. The zero-order valence-electron chi connectivity index (χ0n) is 18.5. The van der Waals surface area contributed by atoms with Gasteiger partial charge in [-0.1, -0.05) is 24.3 Å². The smallest absolute Gasteiger partial charge is 0.416 e. The molecule has 0 bridgehead atoms. The number of alkyl halides is 3. The van der Waals surface area contributed by atoms with Crippen molar-refractivity contribution in [3.63, 3.8) is 0 Å². The summed E-state index contributed by atoms with van der Waals surface area (Å²) in [4.78, 5) is 4.33. The van der Waals surface area contributed by atoms with E-state index >= 15 is 0 Å². The molecule has 0 radical (unpaired) electrons. The highest BCUT2D eigenvalue weighted by Gasteiger charge is 2.29. The largest absolute Gasteiger partial charge is 0.487 e. The minimum Gasteiger partial charge on any atom is -0.487 e. The van der Waals surface area contributed by atoms with E-state index in [1.54, 1.807) is 12.2 Å². The van der Waals surface area contributed by atoms with Gasteiger partial charge in [0.05, 0.1) is 5.56 Å². The van der Waals surface area contributed by atoms with Crippen LogP contribution in [0, 0.1) is 0 Å². The van der Waals surface area contributed by atoms with Crippen LogP contribution >= 0.6 is 0 Å². The van der Waals surface area contributed by atoms with E-state index in [1.807, 2.05) is 24.3 Å². The van der Waals surface area contributed by atoms with Crippen LogP contribution in [0.4, 0.5) is 13.2 Å². The molecule has 0 N–H and O–H groups in total. The van der Waals surface area contributed by atoms with Crippen LogP contribution in [0.2, 0.25) is 0 Å². The fourth-order valence-electron chi connectivity index (χ4n) is 3.47. The number of nitrogens with zero attached hydrogens (tertiary/aromatic N) is 2. The van der Waals surface area contributed by atoms with Crippen LogP contribution in [0.1, 0.15) is 41.1 Å². The molecule has 2 heterocycles. The zero-order valence-corrected chi connectivity index (χ0v) is 18.5. The van der Waals surface area contributed by atoms with Crippen LogP contribution in [0.3, 0.4) is 0 Å². The molecule has 4 nitrogen and oxygen atoms in total. The molecular formula is C27H25F3N2O2. The van der Waals surface area contributed by atoms with Gasteiger partial charge in [-0.3, -0.25) is 0 Å². The molecule has 2 aromatic carbocycles. The van der Waals surface area contributed by atoms with Crippen molar-refractivity contribution in [1.29, 1.82) is 0 Å². The van der Waals surface area contributed by atoms with Gasteiger partial charge < -0.3 is 13.7 Å². The number of aromatic nitrogens is 2. The van der Waals surface area contributed by atoms with Gasteiger partial charge in [0.25, 0.3) is 0 Å². The Labute approximate surface area is 196 Å². The maximum absolute atomic E-state index is 12.6. The predicted molar refractivity (Wildman–Crippen MR) is 125 cm³/mol. The Morgan fingerprint density at radius 3 is 2.35 bits per heavy atom. The van der Waals surface area contributed by atoms with Gasteiger partial charge in [-0.25, -0.2) is 4.98 Å². The Balaban J connectivity index is 1.21. The monoisotopic (exact) mass is 466 g/mol. The van der Waals surface area contributed by atoms with E-state index in [0.717, 1.165) is 43.7 Å². The first-order valence-electron chi connectivity index (χ1n) is 11.1. The minimum atomic E-state index is -4.34. The van der Waals surface area contributed by atoms with Crippen molar-refractivity contribution in [3.8, 4) is 5.75 Å². The zero-order chi connectivity index (χ0) is 23.8. The number of ether oxygens (including phenoxy) is 1. The molecule has 0 amide bonds. The number of aryl methyl sites for hydroxylation is 2. The summed E-state index contributed by atoms with van der Waals surface area (Å²) in [6.45, 7) is 1.29. The van der Waals surface area contributed by atoms with E-state index in [1.165, 1.54) is 24.0 Å². The summed E-state index contributed by atoms with van der Waals surface area (Å²) in [5, 5.41) is 0. The third-order valence-corrected chi connectivity index (χ3v) is 5.33. The Bertz CT molecular complexity index is 1180. The fraction of sp³-hybridized carbons (Fsp3) is 0.222. The quantitative estimate of drug-likeness (QED) is 0.231. The van der Waals surface area contributed by atoms with Crippen molar-refractivity contribution in [2.45, 2.75) is 38.6 Å². The number of unbranched alkanes of at least 4 members (excludes halogenated alkanes) is 1. The number of hydrogen-bond donors (Lipinski definition) is 0. The minimum absolute atomic E-state index is 0.258. The Hall–Kier alpha value is -3.74. The van der Waals surface area contributed by atoms with E-state index in [9.17, 15) is 13.2 Å². The second-order valence-corrected chi connectivity index (χ2v) is 7.94. The summed E-state index contributed by atoms with van der Waals surface area (Å²) in [6.07, 6.45) is 7.87. The van der Waals surface area contributed by atoms with Crippen LogP contribution in [0.15, 0.2) is 83.7 Å². The Kier molecular flexibility index (Phi) is 7.52. The van der Waals surface area contributed by atoms with E-state index in [-0.39, 0.29) is 6.61 Å². The first kappa shape index (κ1) is 23.4. The van der Waals surface area contributed by atoms with Gasteiger partial charge in [-0.2, -0.15) is 13.2 Å². The first-order chi connectivity index (χ1) is 16.5. The van der Waals surface area contributed by atoms with E-state index in [0.29, 0.717) is 17.1 Å². The van der Waals surface area contributed by atoms with Crippen molar-refractivity contribution >= 4 is 12.2 Å². The van der Waals surface area contributed by atoms with Gasteiger partial charge in [0.15, 0.2) is 0 Å². The lowest BCUT2D eigenvalue weighted by atomic mass is 10.1. The summed E-state index contributed by atoms with van der Waals surface area (Å²) in [5.74, 6) is 1.11. The molecule has 0 unspecified atom stereocenters. The number of benzene rings is 2.